The Morgan fingerprint density at radius 1 is 1.27 bits per heavy atom. The van der Waals surface area contributed by atoms with Crippen molar-refractivity contribution in [2.45, 2.75) is 12.5 Å². The SMILES string of the molecule is COc1cc2oc(=O)cc(C[C@H](N=O)C(=O)O)c2cc1OC. The Morgan fingerprint density at radius 2 is 1.91 bits per heavy atom. The van der Waals surface area contributed by atoms with Gasteiger partial charge in [0.25, 0.3) is 0 Å². The van der Waals surface area contributed by atoms with Crippen LogP contribution >= 0.6 is 0 Å². The molecule has 0 aliphatic heterocycles. The van der Waals surface area contributed by atoms with Gasteiger partial charge >= 0.3 is 11.6 Å². The van der Waals surface area contributed by atoms with Gasteiger partial charge in [-0.05, 0) is 11.6 Å². The van der Waals surface area contributed by atoms with Crippen LogP contribution in [0.5, 0.6) is 11.5 Å². The van der Waals surface area contributed by atoms with Crippen molar-refractivity contribution in [3.8, 4) is 11.5 Å². The number of carboxylic acids is 1. The number of hydrogen-bond acceptors (Lipinski definition) is 7. The number of hydrogen-bond donors (Lipinski definition) is 1. The summed E-state index contributed by atoms with van der Waals surface area (Å²) in [6.07, 6.45) is -0.226. The summed E-state index contributed by atoms with van der Waals surface area (Å²) < 4.78 is 15.3. The van der Waals surface area contributed by atoms with E-state index in [9.17, 15) is 14.5 Å². The maximum atomic E-state index is 11.6. The van der Waals surface area contributed by atoms with Crippen molar-refractivity contribution in [2.24, 2.45) is 5.18 Å². The van der Waals surface area contributed by atoms with Gasteiger partial charge < -0.3 is 19.0 Å². The van der Waals surface area contributed by atoms with Gasteiger partial charge in [0.2, 0.25) is 0 Å². The Kier molecular flexibility index (Phi) is 4.40. The van der Waals surface area contributed by atoms with Crippen molar-refractivity contribution in [3.05, 3.63) is 39.1 Å². The van der Waals surface area contributed by atoms with E-state index in [1.54, 1.807) is 6.07 Å². The molecule has 0 fully saturated rings. The molecule has 0 spiro atoms. The van der Waals surface area contributed by atoms with Crippen LogP contribution in [0.2, 0.25) is 0 Å². The Hall–Kier alpha value is -2.90. The maximum Gasteiger partial charge on any atom is 0.336 e. The number of aliphatic carboxylic acids is 1. The van der Waals surface area contributed by atoms with Crippen LogP contribution in [0.15, 0.2) is 32.6 Å². The summed E-state index contributed by atoms with van der Waals surface area (Å²) in [4.78, 5) is 33.2. The average molecular weight is 307 g/mol. The predicted octanol–water partition coefficient (Wildman–Crippen LogP) is 1.57. The van der Waals surface area contributed by atoms with Crippen LogP contribution in [-0.4, -0.2) is 31.3 Å². The summed E-state index contributed by atoms with van der Waals surface area (Å²) in [6, 6.07) is 2.66. The van der Waals surface area contributed by atoms with Gasteiger partial charge in [0.05, 0.1) is 14.2 Å². The summed E-state index contributed by atoms with van der Waals surface area (Å²) in [5.41, 5.74) is -0.126. The molecule has 0 amide bonds. The molecule has 0 aliphatic carbocycles. The lowest BCUT2D eigenvalue weighted by Crippen LogP contribution is -2.20. The third-order valence-corrected chi connectivity index (χ3v) is 3.16. The minimum Gasteiger partial charge on any atom is -0.493 e. The predicted molar refractivity (Wildman–Crippen MR) is 76.5 cm³/mol. The highest BCUT2D eigenvalue weighted by Gasteiger charge is 2.21. The van der Waals surface area contributed by atoms with E-state index in [4.69, 9.17) is 19.0 Å². The van der Waals surface area contributed by atoms with Crippen molar-refractivity contribution in [1.29, 1.82) is 0 Å². The first-order valence-electron chi connectivity index (χ1n) is 6.24. The molecule has 2 rings (SSSR count). The van der Waals surface area contributed by atoms with Crippen LogP contribution in [0.1, 0.15) is 5.56 Å². The first-order valence-corrected chi connectivity index (χ1v) is 6.24. The zero-order chi connectivity index (χ0) is 16.3. The smallest absolute Gasteiger partial charge is 0.336 e. The van der Waals surface area contributed by atoms with E-state index in [0.717, 1.165) is 6.07 Å². The van der Waals surface area contributed by atoms with Crippen LogP contribution in [0.25, 0.3) is 11.0 Å². The Bertz CT molecular complexity index is 781. The Labute approximate surface area is 124 Å². The third kappa shape index (κ3) is 2.90. The summed E-state index contributed by atoms with van der Waals surface area (Å²) >= 11 is 0. The molecule has 8 heteroatoms. The van der Waals surface area contributed by atoms with Crippen LogP contribution in [0, 0.1) is 4.91 Å². The lowest BCUT2D eigenvalue weighted by Gasteiger charge is -2.11. The highest BCUT2D eigenvalue weighted by molar-refractivity contribution is 5.85. The molecule has 1 aromatic heterocycles. The van der Waals surface area contributed by atoms with E-state index in [1.165, 1.54) is 20.3 Å². The molecule has 22 heavy (non-hydrogen) atoms. The number of nitroso groups, excluding NO2 is 1. The second-order valence-electron chi connectivity index (χ2n) is 4.46. The third-order valence-electron chi connectivity index (χ3n) is 3.16. The van der Waals surface area contributed by atoms with Gasteiger partial charge in [-0.15, -0.1) is 4.91 Å². The molecule has 0 unspecified atom stereocenters. The topological polar surface area (TPSA) is 115 Å². The summed E-state index contributed by atoms with van der Waals surface area (Å²) in [5, 5.41) is 11.9. The van der Waals surface area contributed by atoms with E-state index in [1.807, 2.05) is 0 Å². The van der Waals surface area contributed by atoms with Gasteiger partial charge in [0, 0.05) is 23.9 Å². The normalized spacial score (nSPS) is 11.9. The molecule has 8 nitrogen and oxygen atoms in total. The zero-order valence-corrected chi connectivity index (χ0v) is 11.9. The molecule has 1 atom stereocenters. The summed E-state index contributed by atoms with van der Waals surface area (Å²) in [6.45, 7) is 0. The standard InChI is InChI=1S/C14H13NO7/c1-20-11-5-8-7(3-9(15-19)14(17)18)4-13(16)22-10(8)6-12(11)21-2/h4-6,9H,3H2,1-2H3,(H,17,18)/t9-/m0/s1. The number of benzene rings is 1. The quantitative estimate of drug-likeness (QED) is 0.636. The minimum atomic E-state index is -1.49. The fourth-order valence-electron chi connectivity index (χ4n) is 2.10. The number of fused-ring (bicyclic) bond motifs is 1. The summed E-state index contributed by atoms with van der Waals surface area (Å²) in [7, 11) is 2.87. The fourth-order valence-corrected chi connectivity index (χ4v) is 2.10. The molecule has 1 aromatic carbocycles. The molecular weight excluding hydrogens is 294 g/mol. The highest BCUT2D eigenvalue weighted by atomic mass is 16.5. The van der Waals surface area contributed by atoms with Crippen molar-refractivity contribution in [1.82, 2.24) is 0 Å². The molecule has 0 saturated carbocycles. The number of nitrogens with zero attached hydrogens (tertiary/aromatic N) is 1. The van der Waals surface area contributed by atoms with Gasteiger partial charge in [-0.3, -0.25) is 0 Å². The van der Waals surface area contributed by atoms with E-state index >= 15 is 0 Å². The monoisotopic (exact) mass is 307 g/mol. The van der Waals surface area contributed by atoms with Gasteiger partial charge in [0.15, 0.2) is 17.5 Å². The van der Waals surface area contributed by atoms with Crippen LogP contribution in [0.3, 0.4) is 0 Å². The lowest BCUT2D eigenvalue weighted by molar-refractivity contribution is -0.138. The molecule has 2 aromatic rings. The largest absolute Gasteiger partial charge is 0.493 e. The molecule has 0 saturated heterocycles. The van der Waals surface area contributed by atoms with Crippen molar-refractivity contribution in [3.63, 3.8) is 0 Å². The van der Waals surface area contributed by atoms with Gasteiger partial charge in [-0.25, -0.2) is 9.59 Å². The number of carboxylic acid groups (broad SMARTS) is 1. The Balaban J connectivity index is 2.65. The first kappa shape index (κ1) is 15.5. The molecule has 116 valence electrons. The second-order valence-corrected chi connectivity index (χ2v) is 4.46. The fraction of sp³-hybridized carbons (Fsp3) is 0.286. The molecule has 1 heterocycles. The van der Waals surface area contributed by atoms with Crippen molar-refractivity contribution < 1.29 is 23.8 Å². The number of rotatable bonds is 6. The number of ether oxygens (including phenoxy) is 2. The first-order chi connectivity index (χ1) is 10.5. The van der Waals surface area contributed by atoms with Crippen molar-refractivity contribution >= 4 is 16.9 Å². The van der Waals surface area contributed by atoms with E-state index in [-0.39, 0.29) is 12.0 Å². The Morgan fingerprint density at radius 3 is 2.45 bits per heavy atom. The summed E-state index contributed by atoms with van der Waals surface area (Å²) in [5.74, 6) is -0.619. The molecular formula is C14H13NO7. The lowest BCUT2D eigenvalue weighted by atomic mass is 10.0. The second kappa shape index (κ2) is 6.25. The zero-order valence-electron chi connectivity index (χ0n) is 11.9. The van der Waals surface area contributed by atoms with Crippen LogP contribution in [0.4, 0.5) is 0 Å². The van der Waals surface area contributed by atoms with Gasteiger partial charge in [0.1, 0.15) is 5.58 Å². The van der Waals surface area contributed by atoms with Gasteiger partial charge in [-0.1, -0.05) is 5.18 Å². The van der Waals surface area contributed by atoms with E-state index in [0.29, 0.717) is 22.4 Å². The molecule has 1 N–H and O–H groups in total. The van der Waals surface area contributed by atoms with Gasteiger partial charge in [-0.2, -0.15) is 0 Å². The number of methoxy groups -OCH3 is 2. The molecule has 0 radical (unpaired) electrons. The minimum absolute atomic E-state index is 0.204. The van der Waals surface area contributed by atoms with E-state index in [2.05, 4.69) is 5.18 Å². The highest BCUT2D eigenvalue weighted by Crippen LogP contribution is 2.33. The molecule has 0 aliphatic rings. The van der Waals surface area contributed by atoms with Crippen molar-refractivity contribution in [2.75, 3.05) is 14.2 Å². The van der Waals surface area contributed by atoms with E-state index < -0.39 is 17.6 Å². The number of carbonyl (C=O) groups is 1. The molecule has 0 bridgehead atoms. The van der Waals surface area contributed by atoms with Crippen LogP contribution < -0.4 is 15.1 Å². The van der Waals surface area contributed by atoms with Crippen LogP contribution in [-0.2, 0) is 11.2 Å². The average Bonchev–Trinajstić information content (AvgIpc) is 2.50. The maximum absolute atomic E-state index is 11.6.